The maximum absolute atomic E-state index is 12.9. The molecule has 4 rings (SSSR count). The van der Waals surface area contributed by atoms with Crippen LogP contribution in [0.25, 0.3) is 0 Å². The lowest BCUT2D eigenvalue weighted by Crippen LogP contribution is -2.54. The first kappa shape index (κ1) is 17.1. The average Bonchev–Trinajstić information content (AvgIpc) is 3.16. The fraction of sp³-hybridized carbons (Fsp3) is 0.750. The van der Waals surface area contributed by atoms with Crippen molar-refractivity contribution in [2.45, 2.75) is 63.6 Å². The summed E-state index contributed by atoms with van der Waals surface area (Å²) in [6.45, 7) is 6.77. The third-order valence-corrected chi connectivity index (χ3v) is 6.44. The zero-order chi connectivity index (χ0) is 17.6. The van der Waals surface area contributed by atoms with Gasteiger partial charge in [-0.15, -0.1) is 0 Å². The first-order valence-electron chi connectivity index (χ1n) is 9.74. The van der Waals surface area contributed by atoms with Crippen LogP contribution in [0, 0.1) is 11.8 Å². The highest BCUT2D eigenvalue weighted by Gasteiger charge is 2.50. The molecule has 0 aliphatic carbocycles. The predicted octanol–water partition coefficient (Wildman–Crippen LogP) is 2.60. The van der Waals surface area contributed by atoms with Gasteiger partial charge in [0.15, 0.2) is 0 Å². The zero-order valence-corrected chi connectivity index (χ0v) is 15.4. The first-order chi connectivity index (χ1) is 11.9. The van der Waals surface area contributed by atoms with Crippen molar-refractivity contribution in [2.75, 3.05) is 19.6 Å². The number of piperidine rings is 2. The second-order valence-corrected chi connectivity index (χ2v) is 8.72. The van der Waals surface area contributed by atoms with Crippen LogP contribution >= 0.6 is 0 Å². The standard InChI is InChI=1S/C20H30N2O3/c1-14-8-15(2)12-21(11-14)19(23)13-22-16-5-6-17(22)10-20(24,9-16)18-4-3-7-25-18/h3-4,7,14-17,24H,5-6,8-13H2,1-2H3/t14-,15-,16-,17-/m1/s1. The fourth-order valence-corrected chi connectivity index (χ4v) is 5.44. The number of carbonyl (C=O) groups is 1. The van der Waals surface area contributed by atoms with Crippen LogP contribution in [0.15, 0.2) is 22.8 Å². The van der Waals surface area contributed by atoms with Crippen molar-refractivity contribution in [1.29, 1.82) is 0 Å². The minimum atomic E-state index is -0.872. The van der Waals surface area contributed by atoms with E-state index in [4.69, 9.17) is 4.42 Å². The molecular weight excluding hydrogens is 316 g/mol. The van der Waals surface area contributed by atoms with Gasteiger partial charge in [-0.05, 0) is 56.1 Å². The van der Waals surface area contributed by atoms with E-state index in [1.807, 2.05) is 12.1 Å². The Hall–Kier alpha value is -1.33. The van der Waals surface area contributed by atoms with Crippen LogP contribution in [0.5, 0.6) is 0 Å². The van der Waals surface area contributed by atoms with Crippen LogP contribution in [0.3, 0.4) is 0 Å². The Morgan fingerprint density at radius 2 is 1.88 bits per heavy atom. The number of likely N-dealkylation sites (tertiary alicyclic amines) is 1. The Morgan fingerprint density at radius 1 is 1.24 bits per heavy atom. The molecule has 5 heteroatoms. The van der Waals surface area contributed by atoms with Crippen LogP contribution in [-0.4, -0.2) is 52.5 Å². The van der Waals surface area contributed by atoms with Gasteiger partial charge in [0.1, 0.15) is 11.4 Å². The van der Waals surface area contributed by atoms with E-state index in [1.165, 1.54) is 6.42 Å². The number of nitrogens with zero attached hydrogens (tertiary/aromatic N) is 2. The number of rotatable bonds is 3. The van der Waals surface area contributed by atoms with Gasteiger partial charge in [-0.1, -0.05) is 13.8 Å². The monoisotopic (exact) mass is 346 g/mol. The maximum atomic E-state index is 12.9. The van der Waals surface area contributed by atoms with Gasteiger partial charge in [-0.25, -0.2) is 0 Å². The minimum absolute atomic E-state index is 0.263. The van der Waals surface area contributed by atoms with E-state index in [0.29, 0.717) is 37.0 Å². The molecule has 4 heterocycles. The van der Waals surface area contributed by atoms with Crippen molar-refractivity contribution in [3.05, 3.63) is 24.2 Å². The van der Waals surface area contributed by atoms with E-state index < -0.39 is 5.60 Å². The summed E-state index contributed by atoms with van der Waals surface area (Å²) in [6.07, 6.45) is 6.30. The second kappa shape index (κ2) is 6.44. The molecule has 0 spiro atoms. The van der Waals surface area contributed by atoms with E-state index in [9.17, 15) is 9.90 Å². The fourth-order valence-electron chi connectivity index (χ4n) is 5.44. The van der Waals surface area contributed by atoms with Gasteiger partial charge in [0.05, 0.1) is 12.8 Å². The van der Waals surface area contributed by atoms with E-state index in [-0.39, 0.29) is 18.0 Å². The van der Waals surface area contributed by atoms with Gasteiger partial charge in [0.25, 0.3) is 0 Å². The lowest BCUT2D eigenvalue weighted by atomic mass is 9.84. The minimum Gasteiger partial charge on any atom is -0.466 e. The molecule has 3 aliphatic rings. The van der Waals surface area contributed by atoms with E-state index in [0.717, 1.165) is 25.9 Å². The molecule has 3 aliphatic heterocycles. The smallest absolute Gasteiger partial charge is 0.236 e. The molecule has 3 fully saturated rings. The maximum Gasteiger partial charge on any atom is 0.236 e. The molecule has 25 heavy (non-hydrogen) atoms. The quantitative estimate of drug-likeness (QED) is 0.914. The van der Waals surface area contributed by atoms with Crippen LogP contribution in [0.1, 0.15) is 51.7 Å². The number of hydrogen-bond acceptors (Lipinski definition) is 4. The van der Waals surface area contributed by atoms with Crippen LogP contribution in [-0.2, 0) is 10.4 Å². The molecule has 5 nitrogen and oxygen atoms in total. The van der Waals surface area contributed by atoms with Gasteiger partial charge in [0.2, 0.25) is 5.91 Å². The number of carbonyl (C=O) groups excluding carboxylic acids is 1. The molecule has 1 amide bonds. The summed E-state index contributed by atoms with van der Waals surface area (Å²) in [7, 11) is 0. The average molecular weight is 346 g/mol. The Balaban J connectivity index is 1.42. The van der Waals surface area contributed by atoms with Crippen LogP contribution in [0.4, 0.5) is 0 Å². The van der Waals surface area contributed by atoms with Gasteiger partial charge in [-0.3, -0.25) is 9.69 Å². The lowest BCUT2D eigenvalue weighted by molar-refractivity contribution is -0.139. The van der Waals surface area contributed by atoms with Crippen LogP contribution in [0.2, 0.25) is 0 Å². The third-order valence-electron chi connectivity index (χ3n) is 6.44. The number of aliphatic hydroxyl groups is 1. The zero-order valence-electron chi connectivity index (χ0n) is 15.4. The normalized spacial score (nSPS) is 38.9. The molecule has 2 bridgehead atoms. The number of hydrogen-bond donors (Lipinski definition) is 1. The van der Waals surface area contributed by atoms with Crippen LogP contribution < -0.4 is 0 Å². The van der Waals surface area contributed by atoms with E-state index >= 15 is 0 Å². The Kier molecular flexibility index (Phi) is 4.40. The Bertz CT molecular complexity index is 590. The van der Waals surface area contributed by atoms with Crippen molar-refractivity contribution in [3.63, 3.8) is 0 Å². The molecular formula is C20H30N2O3. The largest absolute Gasteiger partial charge is 0.466 e. The molecule has 138 valence electrons. The highest BCUT2D eigenvalue weighted by atomic mass is 16.4. The Morgan fingerprint density at radius 3 is 2.44 bits per heavy atom. The summed E-state index contributed by atoms with van der Waals surface area (Å²) in [6, 6.07) is 4.26. The molecule has 1 aromatic rings. The summed E-state index contributed by atoms with van der Waals surface area (Å²) in [4.78, 5) is 17.3. The molecule has 1 aromatic heterocycles. The van der Waals surface area contributed by atoms with Crippen molar-refractivity contribution in [2.24, 2.45) is 11.8 Å². The Labute approximate surface area is 150 Å². The molecule has 0 unspecified atom stereocenters. The highest BCUT2D eigenvalue weighted by Crippen LogP contribution is 2.45. The number of fused-ring (bicyclic) bond motifs is 2. The van der Waals surface area contributed by atoms with Crippen molar-refractivity contribution in [3.8, 4) is 0 Å². The predicted molar refractivity (Wildman–Crippen MR) is 94.9 cm³/mol. The van der Waals surface area contributed by atoms with E-state index in [2.05, 4.69) is 23.6 Å². The van der Waals surface area contributed by atoms with Crippen molar-refractivity contribution >= 4 is 5.91 Å². The molecule has 4 atom stereocenters. The summed E-state index contributed by atoms with van der Waals surface area (Å²) in [5.41, 5.74) is -0.872. The first-order valence-corrected chi connectivity index (χ1v) is 9.74. The van der Waals surface area contributed by atoms with E-state index in [1.54, 1.807) is 6.26 Å². The summed E-state index contributed by atoms with van der Waals surface area (Å²) in [5.74, 6) is 2.12. The number of furan rings is 1. The summed E-state index contributed by atoms with van der Waals surface area (Å²) >= 11 is 0. The summed E-state index contributed by atoms with van der Waals surface area (Å²) in [5, 5.41) is 11.1. The topological polar surface area (TPSA) is 56.9 Å². The van der Waals surface area contributed by atoms with Gasteiger partial charge in [0, 0.05) is 25.2 Å². The second-order valence-electron chi connectivity index (χ2n) is 8.72. The summed E-state index contributed by atoms with van der Waals surface area (Å²) < 4.78 is 5.49. The third kappa shape index (κ3) is 3.24. The van der Waals surface area contributed by atoms with Crippen molar-refractivity contribution < 1.29 is 14.3 Å². The highest BCUT2D eigenvalue weighted by molar-refractivity contribution is 5.78. The molecule has 0 radical (unpaired) electrons. The van der Waals surface area contributed by atoms with Gasteiger partial charge in [-0.2, -0.15) is 0 Å². The van der Waals surface area contributed by atoms with Gasteiger partial charge >= 0.3 is 0 Å². The van der Waals surface area contributed by atoms with Crippen molar-refractivity contribution in [1.82, 2.24) is 9.80 Å². The molecule has 0 saturated carbocycles. The number of amides is 1. The molecule has 3 saturated heterocycles. The molecule has 0 aromatic carbocycles. The van der Waals surface area contributed by atoms with Gasteiger partial charge < -0.3 is 14.4 Å². The lowest BCUT2D eigenvalue weighted by Gasteiger charge is -2.43. The SMILES string of the molecule is C[C@@H]1C[C@@H](C)CN(C(=O)CN2[C@@H]3CC[C@@H]2CC(O)(c2ccco2)C3)C1. The molecule has 1 N–H and O–H groups in total.